The summed E-state index contributed by atoms with van der Waals surface area (Å²) in [4.78, 5) is 7.39. The average Bonchev–Trinajstić information content (AvgIpc) is 2.30. The lowest BCUT2D eigenvalue weighted by Crippen LogP contribution is -2.36. The van der Waals surface area contributed by atoms with E-state index in [2.05, 4.69) is 11.1 Å². The van der Waals surface area contributed by atoms with Crippen molar-refractivity contribution >= 4 is 22.8 Å². The fraction of sp³-hybridized carbons (Fsp3) is 0.0909. The standard InChI is InChI=1S/C11H9N3S/c12-11-14-7-3-6-13-10(14)8-4-1-2-5-9(8)15-11/h1-5,7,12H,6H2. The molecular weight excluding hydrogens is 206 g/mol. The highest BCUT2D eigenvalue weighted by Crippen LogP contribution is 2.32. The predicted molar refractivity (Wildman–Crippen MR) is 62.4 cm³/mol. The fourth-order valence-corrected chi connectivity index (χ4v) is 2.58. The van der Waals surface area contributed by atoms with Crippen molar-refractivity contribution in [2.45, 2.75) is 4.90 Å². The highest BCUT2D eigenvalue weighted by Gasteiger charge is 2.26. The molecule has 0 radical (unpaired) electrons. The van der Waals surface area contributed by atoms with E-state index in [-0.39, 0.29) is 0 Å². The van der Waals surface area contributed by atoms with Crippen LogP contribution in [0.15, 0.2) is 46.4 Å². The molecule has 0 bridgehead atoms. The van der Waals surface area contributed by atoms with Crippen LogP contribution in [0.2, 0.25) is 0 Å². The Balaban J connectivity index is 2.19. The molecule has 2 aliphatic rings. The van der Waals surface area contributed by atoms with Gasteiger partial charge in [0.05, 0.1) is 6.54 Å². The Bertz CT molecular complexity index is 490. The number of hydrogen-bond donors (Lipinski definition) is 1. The number of nitrogens with zero attached hydrogens (tertiary/aromatic N) is 2. The van der Waals surface area contributed by atoms with E-state index in [1.54, 1.807) is 0 Å². The Hall–Kier alpha value is -1.55. The topological polar surface area (TPSA) is 39.5 Å². The third-order valence-electron chi connectivity index (χ3n) is 2.38. The first-order valence-corrected chi connectivity index (χ1v) is 5.54. The minimum absolute atomic E-state index is 0.517. The van der Waals surface area contributed by atoms with Gasteiger partial charge in [0.2, 0.25) is 0 Å². The summed E-state index contributed by atoms with van der Waals surface area (Å²) in [6.45, 7) is 0.706. The molecule has 74 valence electrons. The molecule has 2 heterocycles. The number of aliphatic imine (C=N–C) groups is 1. The van der Waals surface area contributed by atoms with E-state index in [0.717, 1.165) is 16.3 Å². The summed E-state index contributed by atoms with van der Waals surface area (Å²) in [5.41, 5.74) is 1.13. The van der Waals surface area contributed by atoms with Crippen LogP contribution in [0.3, 0.4) is 0 Å². The lowest BCUT2D eigenvalue weighted by atomic mass is 10.2. The van der Waals surface area contributed by atoms with Crippen molar-refractivity contribution in [1.29, 1.82) is 5.41 Å². The number of thioether (sulfide) groups is 1. The van der Waals surface area contributed by atoms with Crippen LogP contribution >= 0.6 is 11.8 Å². The van der Waals surface area contributed by atoms with E-state index in [1.807, 2.05) is 35.4 Å². The summed E-state index contributed by atoms with van der Waals surface area (Å²) < 4.78 is 0. The molecule has 2 aliphatic heterocycles. The lowest BCUT2D eigenvalue weighted by Gasteiger charge is -2.30. The molecule has 0 aromatic heterocycles. The number of hydrogen-bond acceptors (Lipinski definition) is 3. The van der Waals surface area contributed by atoms with Crippen LogP contribution in [0.1, 0.15) is 5.56 Å². The smallest absolute Gasteiger partial charge is 0.171 e. The molecule has 1 aromatic rings. The Morgan fingerprint density at radius 1 is 1.33 bits per heavy atom. The monoisotopic (exact) mass is 215 g/mol. The van der Waals surface area contributed by atoms with Crippen molar-refractivity contribution in [3.8, 4) is 0 Å². The van der Waals surface area contributed by atoms with Crippen LogP contribution in [0.5, 0.6) is 0 Å². The van der Waals surface area contributed by atoms with Crippen LogP contribution in [-0.2, 0) is 0 Å². The molecule has 4 heteroatoms. The molecule has 3 nitrogen and oxygen atoms in total. The SMILES string of the molecule is N=C1Sc2ccccc2C2=NCC=CN12. The van der Waals surface area contributed by atoms with Gasteiger partial charge in [-0.2, -0.15) is 0 Å². The first-order valence-electron chi connectivity index (χ1n) is 4.72. The fourth-order valence-electron chi connectivity index (χ4n) is 1.71. The number of nitrogens with one attached hydrogen (secondary N) is 1. The van der Waals surface area contributed by atoms with Crippen LogP contribution in [0, 0.1) is 5.41 Å². The highest BCUT2D eigenvalue weighted by molar-refractivity contribution is 8.14. The summed E-state index contributed by atoms with van der Waals surface area (Å²) >= 11 is 1.47. The van der Waals surface area contributed by atoms with E-state index < -0.39 is 0 Å². The van der Waals surface area contributed by atoms with Crippen LogP contribution in [0.4, 0.5) is 0 Å². The number of rotatable bonds is 0. The van der Waals surface area contributed by atoms with E-state index >= 15 is 0 Å². The number of fused-ring (bicyclic) bond motifs is 3. The van der Waals surface area contributed by atoms with Gasteiger partial charge >= 0.3 is 0 Å². The minimum atomic E-state index is 0.517. The second-order valence-corrected chi connectivity index (χ2v) is 4.35. The predicted octanol–water partition coefficient (Wildman–Crippen LogP) is 2.30. The normalized spacial score (nSPS) is 18.3. The van der Waals surface area contributed by atoms with Crippen LogP contribution in [-0.4, -0.2) is 22.4 Å². The molecular formula is C11H9N3S. The summed E-state index contributed by atoms with van der Waals surface area (Å²) in [5.74, 6) is 0.900. The van der Waals surface area contributed by atoms with Crippen molar-refractivity contribution in [3.63, 3.8) is 0 Å². The van der Waals surface area contributed by atoms with Gasteiger partial charge in [-0.15, -0.1) is 0 Å². The molecule has 3 rings (SSSR count). The van der Waals surface area contributed by atoms with Gasteiger partial charge in [-0.3, -0.25) is 15.3 Å². The molecule has 0 unspecified atom stereocenters. The molecule has 0 fully saturated rings. The Morgan fingerprint density at radius 2 is 2.20 bits per heavy atom. The average molecular weight is 215 g/mol. The van der Waals surface area contributed by atoms with Crippen molar-refractivity contribution in [2.75, 3.05) is 6.54 Å². The zero-order valence-electron chi connectivity index (χ0n) is 7.97. The van der Waals surface area contributed by atoms with Crippen molar-refractivity contribution in [2.24, 2.45) is 4.99 Å². The minimum Gasteiger partial charge on any atom is -0.281 e. The number of amidine groups is 2. The van der Waals surface area contributed by atoms with Gasteiger partial charge in [0.15, 0.2) is 5.17 Å². The first kappa shape index (κ1) is 8.73. The first-order chi connectivity index (χ1) is 7.36. The highest BCUT2D eigenvalue weighted by atomic mass is 32.2. The van der Waals surface area contributed by atoms with Gasteiger partial charge in [-0.25, -0.2) is 0 Å². The van der Waals surface area contributed by atoms with Gasteiger partial charge in [-0.1, -0.05) is 30.0 Å². The Morgan fingerprint density at radius 3 is 3.13 bits per heavy atom. The third kappa shape index (κ3) is 1.29. The van der Waals surface area contributed by atoms with Crippen LogP contribution < -0.4 is 0 Å². The van der Waals surface area contributed by atoms with Crippen molar-refractivity contribution in [1.82, 2.24) is 4.90 Å². The quantitative estimate of drug-likeness (QED) is 0.721. The molecule has 0 atom stereocenters. The second kappa shape index (κ2) is 3.24. The molecule has 0 aliphatic carbocycles. The maximum absolute atomic E-state index is 7.90. The largest absolute Gasteiger partial charge is 0.281 e. The van der Waals surface area contributed by atoms with Gasteiger partial charge in [0.1, 0.15) is 5.84 Å². The summed E-state index contributed by atoms with van der Waals surface area (Å²) in [6.07, 6.45) is 3.89. The van der Waals surface area contributed by atoms with Crippen molar-refractivity contribution in [3.05, 3.63) is 42.1 Å². The lowest BCUT2D eigenvalue weighted by molar-refractivity contribution is 0.798. The second-order valence-electron chi connectivity index (χ2n) is 3.32. The van der Waals surface area contributed by atoms with Gasteiger partial charge in [0.25, 0.3) is 0 Å². The molecule has 15 heavy (non-hydrogen) atoms. The maximum Gasteiger partial charge on any atom is 0.171 e. The zero-order valence-corrected chi connectivity index (χ0v) is 8.79. The van der Waals surface area contributed by atoms with E-state index in [0.29, 0.717) is 11.7 Å². The van der Waals surface area contributed by atoms with Crippen LogP contribution in [0.25, 0.3) is 0 Å². The molecule has 1 aromatic carbocycles. The Kier molecular flexibility index (Phi) is 1.89. The van der Waals surface area contributed by atoms with Gasteiger partial charge < -0.3 is 0 Å². The summed E-state index contributed by atoms with van der Waals surface area (Å²) in [7, 11) is 0. The Labute approximate surface area is 92.0 Å². The van der Waals surface area contributed by atoms with E-state index in [1.165, 1.54) is 11.8 Å². The summed E-state index contributed by atoms with van der Waals surface area (Å²) in [5, 5.41) is 8.42. The number of benzene rings is 1. The zero-order chi connectivity index (χ0) is 10.3. The third-order valence-corrected chi connectivity index (χ3v) is 3.35. The molecule has 0 saturated carbocycles. The summed E-state index contributed by atoms with van der Waals surface area (Å²) in [6, 6.07) is 8.09. The van der Waals surface area contributed by atoms with Crippen molar-refractivity contribution < 1.29 is 0 Å². The van der Waals surface area contributed by atoms with E-state index in [9.17, 15) is 0 Å². The maximum atomic E-state index is 7.90. The van der Waals surface area contributed by atoms with E-state index in [4.69, 9.17) is 5.41 Å². The van der Waals surface area contributed by atoms with Gasteiger partial charge in [-0.05, 0) is 12.1 Å². The molecule has 0 saturated heterocycles. The molecule has 0 spiro atoms. The van der Waals surface area contributed by atoms with Gasteiger partial charge in [0, 0.05) is 16.7 Å². The molecule has 0 amide bonds. The molecule has 1 N–H and O–H groups in total.